The summed E-state index contributed by atoms with van der Waals surface area (Å²) in [4.78, 5) is 25.9. The van der Waals surface area contributed by atoms with Gasteiger partial charge in [-0.3, -0.25) is 9.59 Å². The van der Waals surface area contributed by atoms with Crippen molar-refractivity contribution in [3.8, 4) is 0 Å². The van der Waals surface area contributed by atoms with Gasteiger partial charge in [0.15, 0.2) is 11.5 Å². The number of rotatable bonds is 6. The van der Waals surface area contributed by atoms with Gasteiger partial charge in [0.05, 0.1) is 6.26 Å². The highest BCUT2D eigenvalue weighted by atomic mass is 16.3. The van der Waals surface area contributed by atoms with Gasteiger partial charge in [-0.15, -0.1) is 0 Å². The summed E-state index contributed by atoms with van der Waals surface area (Å²) in [7, 11) is 0. The smallest absolute Gasteiger partial charge is 0.203 e. The van der Waals surface area contributed by atoms with Gasteiger partial charge in [-0.25, -0.2) is 0 Å². The fraction of sp³-hybridized carbons (Fsp3) is 0.524. The SMILES string of the molecule is Cc1coc(C(=O)C(C)(C)CC(C)(C)C(=O)c2oc(C)c(C)c2C)c1. The van der Waals surface area contributed by atoms with Crippen LogP contribution in [0.3, 0.4) is 0 Å². The van der Waals surface area contributed by atoms with Crippen molar-refractivity contribution in [1.29, 1.82) is 0 Å². The highest BCUT2D eigenvalue weighted by molar-refractivity contribution is 6.01. The molecular weight excluding hydrogens is 316 g/mol. The van der Waals surface area contributed by atoms with Gasteiger partial charge in [-0.05, 0) is 51.3 Å². The number of hydrogen-bond donors (Lipinski definition) is 0. The van der Waals surface area contributed by atoms with Crippen LogP contribution in [-0.4, -0.2) is 11.6 Å². The van der Waals surface area contributed by atoms with Crippen LogP contribution in [0.4, 0.5) is 0 Å². The van der Waals surface area contributed by atoms with Gasteiger partial charge in [0, 0.05) is 16.4 Å². The summed E-state index contributed by atoms with van der Waals surface area (Å²) in [6.45, 7) is 15.0. The molecule has 2 rings (SSSR count). The highest BCUT2D eigenvalue weighted by Gasteiger charge is 2.42. The molecular formula is C21H28O4. The van der Waals surface area contributed by atoms with E-state index in [2.05, 4.69) is 0 Å². The van der Waals surface area contributed by atoms with Gasteiger partial charge in [0.2, 0.25) is 11.6 Å². The maximum absolute atomic E-state index is 13.1. The Bertz CT molecular complexity index is 815. The van der Waals surface area contributed by atoms with Gasteiger partial charge in [-0.2, -0.15) is 0 Å². The molecule has 0 N–H and O–H groups in total. The number of aryl methyl sites for hydroxylation is 2. The van der Waals surface area contributed by atoms with Crippen molar-refractivity contribution in [3.05, 3.63) is 46.3 Å². The van der Waals surface area contributed by atoms with E-state index in [0.717, 1.165) is 22.5 Å². The lowest BCUT2D eigenvalue weighted by atomic mass is 9.69. The maximum Gasteiger partial charge on any atom is 0.203 e. The van der Waals surface area contributed by atoms with Gasteiger partial charge in [0.25, 0.3) is 0 Å². The quantitative estimate of drug-likeness (QED) is 0.639. The van der Waals surface area contributed by atoms with E-state index in [1.54, 1.807) is 12.3 Å². The summed E-state index contributed by atoms with van der Waals surface area (Å²) in [5.41, 5.74) is 1.32. The van der Waals surface area contributed by atoms with E-state index >= 15 is 0 Å². The molecule has 0 saturated heterocycles. The van der Waals surface area contributed by atoms with Crippen molar-refractivity contribution < 1.29 is 18.4 Å². The summed E-state index contributed by atoms with van der Waals surface area (Å²) in [6.07, 6.45) is 1.97. The zero-order chi connectivity index (χ0) is 19.2. The maximum atomic E-state index is 13.1. The Morgan fingerprint density at radius 1 is 0.920 bits per heavy atom. The summed E-state index contributed by atoms with van der Waals surface area (Å²) in [6, 6.07) is 1.74. The molecule has 0 aliphatic rings. The fourth-order valence-electron chi connectivity index (χ4n) is 3.41. The first-order valence-corrected chi connectivity index (χ1v) is 8.58. The van der Waals surface area contributed by atoms with E-state index in [4.69, 9.17) is 8.83 Å². The molecule has 0 amide bonds. The Balaban J connectivity index is 2.28. The van der Waals surface area contributed by atoms with Crippen molar-refractivity contribution in [2.45, 2.75) is 61.8 Å². The van der Waals surface area contributed by atoms with Crippen LogP contribution in [0, 0.1) is 38.5 Å². The second kappa shape index (κ2) is 6.32. The zero-order valence-corrected chi connectivity index (χ0v) is 16.5. The van der Waals surface area contributed by atoms with Crippen molar-refractivity contribution >= 4 is 11.6 Å². The number of hydrogen-bond acceptors (Lipinski definition) is 4. The molecule has 0 radical (unpaired) electrons. The van der Waals surface area contributed by atoms with Crippen LogP contribution < -0.4 is 0 Å². The molecule has 136 valence electrons. The number of Topliss-reactive ketones (excluding diaryl/α,β-unsaturated/α-hetero) is 2. The first kappa shape index (κ1) is 19.2. The first-order chi connectivity index (χ1) is 11.4. The van der Waals surface area contributed by atoms with Crippen molar-refractivity contribution in [3.63, 3.8) is 0 Å². The molecule has 4 nitrogen and oxygen atoms in total. The Kier molecular flexibility index (Phi) is 4.86. The summed E-state index contributed by atoms with van der Waals surface area (Å²) < 4.78 is 11.1. The average molecular weight is 344 g/mol. The molecule has 0 aliphatic carbocycles. The lowest BCUT2D eigenvalue weighted by Crippen LogP contribution is -2.35. The van der Waals surface area contributed by atoms with Gasteiger partial charge in [-0.1, -0.05) is 27.7 Å². The minimum Gasteiger partial charge on any atom is -0.461 e. The third-order valence-electron chi connectivity index (χ3n) is 4.96. The van der Waals surface area contributed by atoms with Crippen LogP contribution in [0.5, 0.6) is 0 Å². The molecule has 0 aromatic carbocycles. The Morgan fingerprint density at radius 3 is 1.92 bits per heavy atom. The van der Waals surface area contributed by atoms with E-state index in [0.29, 0.717) is 17.9 Å². The second-order valence-corrected chi connectivity index (χ2v) is 8.33. The molecule has 2 aromatic rings. The predicted molar refractivity (Wildman–Crippen MR) is 97.2 cm³/mol. The topological polar surface area (TPSA) is 60.4 Å². The molecule has 0 aliphatic heterocycles. The van der Waals surface area contributed by atoms with Crippen LogP contribution in [0.25, 0.3) is 0 Å². The highest BCUT2D eigenvalue weighted by Crippen LogP contribution is 2.39. The number of carbonyl (C=O) groups is 2. The van der Waals surface area contributed by atoms with Crippen LogP contribution in [-0.2, 0) is 0 Å². The van der Waals surface area contributed by atoms with E-state index in [1.165, 1.54) is 0 Å². The molecule has 0 saturated carbocycles. The largest absolute Gasteiger partial charge is 0.461 e. The molecule has 4 heteroatoms. The molecule has 2 aromatic heterocycles. The average Bonchev–Trinajstić information content (AvgIpc) is 3.04. The normalized spacial score (nSPS) is 12.5. The molecule has 0 unspecified atom stereocenters. The Hall–Kier alpha value is -2.10. The van der Waals surface area contributed by atoms with Crippen molar-refractivity contribution in [2.75, 3.05) is 0 Å². The molecule has 0 atom stereocenters. The fourth-order valence-corrected chi connectivity index (χ4v) is 3.41. The van der Waals surface area contributed by atoms with Crippen molar-refractivity contribution in [1.82, 2.24) is 0 Å². The van der Waals surface area contributed by atoms with Crippen molar-refractivity contribution in [2.24, 2.45) is 10.8 Å². The van der Waals surface area contributed by atoms with Gasteiger partial charge in [0.1, 0.15) is 5.76 Å². The molecule has 25 heavy (non-hydrogen) atoms. The van der Waals surface area contributed by atoms with Gasteiger partial charge < -0.3 is 8.83 Å². The number of furan rings is 2. The standard InChI is InChI=1S/C21H28O4/c1-12-9-16(24-10-12)18(22)20(5,6)11-21(7,8)19(23)17-14(3)13(2)15(4)25-17/h9-10H,11H2,1-8H3. The molecule has 0 fully saturated rings. The van der Waals surface area contributed by atoms with E-state index in [9.17, 15) is 9.59 Å². The third-order valence-corrected chi connectivity index (χ3v) is 4.96. The van der Waals surface area contributed by atoms with E-state index < -0.39 is 10.8 Å². The third kappa shape index (κ3) is 3.63. The minimum atomic E-state index is -0.734. The summed E-state index contributed by atoms with van der Waals surface area (Å²) >= 11 is 0. The predicted octanol–water partition coefficient (Wildman–Crippen LogP) is 5.61. The first-order valence-electron chi connectivity index (χ1n) is 8.58. The van der Waals surface area contributed by atoms with E-state index in [-0.39, 0.29) is 11.6 Å². The number of carbonyl (C=O) groups excluding carboxylic acids is 2. The van der Waals surface area contributed by atoms with Gasteiger partial charge >= 0.3 is 0 Å². The van der Waals surface area contributed by atoms with E-state index in [1.807, 2.05) is 55.4 Å². The minimum absolute atomic E-state index is 0.0716. The molecule has 2 heterocycles. The lowest BCUT2D eigenvalue weighted by molar-refractivity contribution is 0.0638. The van der Waals surface area contributed by atoms with Crippen LogP contribution in [0.1, 0.15) is 77.7 Å². The number of ketones is 2. The van der Waals surface area contributed by atoms with Crippen LogP contribution in [0.2, 0.25) is 0 Å². The van der Waals surface area contributed by atoms with Crippen LogP contribution in [0.15, 0.2) is 21.2 Å². The monoisotopic (exact) mass is 344 g/mol. The Morgan fingerprint density at radius 2 is 1.48 bits per heavy atom. The lowest BCUT2D eigenvalue weighted by Gasteiger charge is -2.32. The molecule has 0 bridgehead atoms. The zero-order valence-electron chi connectivity index (χ0n) is 16.5. The second-order valence-electron chi connectivity index (χ2n) is 8.33. The summed E-state index contributed by atoms with van der Waals surface area (Å²) in [5, 5.41) is 0. The molecule has 0 spiro atoms. The van der Waals surface area contributed by atoms with Crippen LogP contribution >= 0.6 is 0 Å². The summed E-state index contributed by atoms with van der Waals surface area (Å²) in [5.74, 6) is 1.34. The Labute approximate surface area is 149 Å².